The van der Waals surface area contributed by atoms with Gasteiger partial charge in [0, 0.05) is 10.8 Å². The van der Waals surface area contributed by atoms with Crippen molar-refractivity contribution in [3.63, 3.8) is 0 Å². The molecule has 2 aliphatic rings. The maximum absolute atomic E-state index is 13.8. The van der Waals surface area contributed by atoms with Crippen LogP contribution in [0.15, 0.2) is 41.4 Å². The summed E-state index contributed by atoms with van der Waals surface area (Å²) in [4.78, 5) is 4.94. The van der Waals surface area contributed by atoms with Crippen LogP contribution >= 0.6 is 23.4 Å². The van der Waals surface area contributed by atoms with Gasteiger partial charge in [0.2, 0.25) is 0 Å². The van der Waals surface area contributed by atoms with Crippen LogP contribution in [0.25, 0.3) is 11.1 Å². The fraction of sp³-hybridized carbons (Fsp3) is 0.381. The number of benzene rings is 2. The third-order valence-electron chi connectivity index (χ3n) is 5.34. The Labute approximate surface area is 163 Å². The molecule has 0 radical (unpaired) electrons. The summed E-state index contributed by atoms with van der Waals surface area (Å²) in [5.41, 5.74) is 10.3. The molecule has 0 aromatic heterocycles. The van der Waals surface area contributed by atoms with Gasteiger partial charge in [0.15, 0.2) is 5.17 Å². The fourth-order valence-electron chi connectivity index (χ4n) is 4.48. The molecule has 136 valence electrons. The van der Waals surface area contributed by atoms with Crippen LogP contribution in [0.3, 0.4) is 0 Å². The normalized spacial score (nSPS) is 24.2. The van der Waals surface area contributed by atoms with Crippen LogP contribution < -0.4 is 5.73 Å². The van der Waals surface area contributed by atoms with Crippen molar-refractivity contribution in [3.8, 4) is 11.1 Å². The molecule has 0 bridgehead atoms. The Bertz CT molecular complexity index is 889. The summed E-state index contributed by atoms with van der Waals surface area (Å²) in [5.74, 6) is 0.651. The van der Waals surface area contributed by atoms with Crippen LogP contribution in [0.1, 0.15) is 37.8 Å². The molecule has 0 saturated carbocycles. The van der Waals surface area contributed by atoms with E-state index in [0.717, 1.165) is 36.1 Å². The van der Waals surface area contributed by atoms with E-state index in [1.54, 1.807) is 17.8 Å². The zero-order valence-corrected chi connectivity index (χ0v) is 16.6. The van der Waals surface area contributed by atoms with E-state index in [2.05, 4.69) is 32.0 Å². The molecule has 5 heteroatoms. The number of hydrogen-bond donors (Lipinski definition) is 1. The molecule has 1 spiro atoms. The number of rotatable bonds is 1. The summed E-state index contributed by atoms with van der Waals surface area (Å²) in [6.45, 7) is 4.59. The summed E-state index contributed by atoms with van der Waals surface area (Å²) in [6.07, 6.45) is 2.96. The second-order valence-electron chi connectivity index (χ2n) is 8.13. The van der Waals surface area contributed by atoms with Crippen molar-refractivity contribution in [2.75, 3.05) is 5.75 Å². The number of nitrogens with two attached hydrogens (primary N) is 1. The van der Waals surface area contributed by atoms with Gasteiger partial charge in [-0.1, -0.05) is 49.3 Å². The molecule has 2 N–H and O–H groups in total. The summed E-state index contributed by atoms with van der Waals surface area (Å²) in [6, 6.07) is 11.1. The summed E-state index contributed by atoms with van der Waals surface area (Å²) in [7, 11) is 0. The highest BCUT2D eigenvalue weighted by atomic mass is 35.5. The number of hydrogen-bond acceptors (Lipinski definition) is 3. The number of fused-ring (bicyclic) bond motifs is 2. The van der Waals surface area contributed by atoms with E-state index < -0.39 is 0 Å². The van der Waals surface area contributed by atoms with Gasteiger partial charge in [-0.3, -0.25) is 4.99 Å². The van der Waals surface area contributed by atoms with E-state index in [4.69, 9.17) is 22.3 Å². The molecule has 2 aromatic carbocycles. The quantitative estimate of drug-likeness (QED) is 0.673. The Morgan fingerprint density at radius 1 is 1.15 bits per heavy atom. The summed E-state index contributed by atoms with van der Waals surface area (Å²) >= 11 is 7.69. The molecular weight excluding hydrogens is 367 g/mol. The van der Waals surface area contributed by atoms with E-state index in [-0.39, 0.29) is 16.8 Å². The largest absolute Gasteiger partial charge is 0.379 e. The Hall–Kier alpha value is -1.52. The minimum Gasteiger partial charge on any atom is -0.379 e. The van der Waals surface area contributed by atoms with E-state index >= 15 is 0 Å². The van der Waals surface area contributed by atoms with Crippen LogP contribution in [0.5, 0.6) is 0 Å². The first-order valence-corrected chi connectivity index (χ1v) is 10.2. The Morgan fingerprint density at radius 3 is 2.69 bits per heavy atom. The van der Waals surface area contributed by atoms with Crippen LogP contribution in [0.2, 0.25) is 5.02 Å². The van der Waals surface area contributed by atoms with Gasteiger partial charge in [0.05, 0.1) is 5.54 Å². The lowest BCUT2D eigenvalue weighted by molar-refractivity contribution is 0.205. The van der Waals surface area contributed by atoms with Gasteiger partial charge in [-0.05, 0) is 71.2 Å². The average molecular weight is 389 g/mol. The number of aliphatic imine (C=N–C) groups is 1. The van der Waals surface area contributed by atoms with E-state index in [1.165, 1.54) is 23.3 Å². The van der Waals surface area contributed by atoms with Gasteiger partial charge >= 0.3 is 0 Å². The SMILES string of the molecule is CC1(C)Cc2ccc(-c3cc(F)cc(Cl)c3)cc2C2(CCSC(N)=N2)C1. The lowest BCUT2D eigenvalue weighted by atomic mass is 9.64. The molecule has 26 heavy (non-hydrogen) atoms. The zero-order valence-electron chi connectivity index (χ0n) is 15.0. The maximum Gasteiger partial charge on any atom is 0.154 e. The molecule has 1 atom stereocenters. The number of amidine groups is 1. The first kappa shape index (κ1) is 17.9. The number of thioether (sulfide) groups is 1. The standard InChI is InChI=1S/C21H22ClFN2S/c1-20(2)11-14-4-3-13(15-7-16(22)10-17(23)8-15)9-18(14)21(12-20)5-6-26-19(24)25-21/h3-4,7-10H,5-6,11-12H2,1-2H3,(H2,24,25). The topological polar surface area (TPSA) is 38.4 Å². The second kappa shape index (κ2) is 6.28. The van der Waals surface area contributed by atoms with Crippen LogP contribution in [0.4, 0.5) is 4.39 Å². The molecule has 0 fully saturated rings. The lowest BCUT2D eigenvalue weighted by Gasteiger charge is -2.45. The Kier molecular flexibility index (Phi) is 4.31. The fourth-order valence-corrected chi connectivity index (χ4v) is 5.59. The third kappa shape index (κ3) is 3.25. The first-order valence-electron chi connectivity index (χ1n) is 8.84. The Morgan fingerprint density at radius 2 is 1.96 bits per heavy atom. The zero-order chi connectivity index (χ0) is 18.5. The highest BCUT2D eigenvalue weighted by Crippen LogP contribution is 2.51. The van der Waals surface area contributed by atoms with Crippen molar-refractivity contribution in [1.29, 1.82) is 0 Å². The average Bonchev–Trinajstić information content (AvgIpc) is 2.52. The molecule has 4 rings (SSSR count). The van der Waals surface area contributed by atoms with E-state index in [9.17, 15) is 4.39 Å². The minimum atomic E-state index is -0.322. The van der Waals surface area contributed by atoms with E-state index in [0.29, 0.717) is 10.2 Å². The molecule has 2 nitrogen and oxygen atoms in total. The van der Waals surface area contributed by atoms with Gasteiger partial charge in [0.25, 0.3) is 0 Å². The van der Waals surface area contributed by atoms with E-state index in [1.807, 2.05) is 0 Å². The van der Waals surface area contributed by atoms with Crippen LogP contribution in [0, 0.1) is 11.2 Å². The van der Waals surface area contributed by atoms with Gasteiger partial charge in [-0.15, -0.1) is 0 Å². The van der Waals surface area contributed by atoms with Crippen molar-refractivity contribution in [2.24, 2.45) is 16.1 Å². The third-order valence-corrected chi connectivity index (χ3v) is 6.35. The highest BCUT2D eigenvalue weighted by Gasteiger charge is 2.45. The van der Waals surface area contributed by atoms with Gasteiger partial charge in [-0.25, -0.2) is 4.39 Å². The second-order valence-corrected chi connectivity index (χ2v) is 9.68. The molecule has 1 aliphatic carbocycles. The maximum atomic E-state index is 13.8. The van der Waals surface area contributed by atoms with Crippen LogP contribution in [-0.2, 0) is 12.0 Å². The van der Waals surface area contributed by atoms with Crippen molar-refractivity contribution in [1.82, 2.24) is 0 Å². The first-order chi connectivity index (χ1) is 12.3. The van der Waals surface area contributed by atoms with Gasteiger partial charge < -0.3 is 5.73 Å². The predicted octanol–water partition coefficient (Wildman–Crippen LogP) is 5.77. The number of halogens is 2. The molecule has 0 amide bonds. The summed E-state index contributed by atoms with van der Waals surface area (Å²) < 4.78 is 13.8. The predicted molar refractivity (Wildman–Crippen MR) is 109 cm³/mol. The molecular formula is C21H22ClFN2S. The molecule has 1 unspecified atom stereocenters. The molecule has 1 aliphatic heterocycles. The Balaban J connectivity index is 1.89. The van der Waals surface area contributed by atoms with Crippen molar-refractivity contribution >= 4 is 28.5 Å². The molecule has 1 heterocycles. The van der Waals surface area contributed by atoms with Crippen LogP contribution in [-0.4, -0.2) is 10.9 Å². The smallest absolute Gasteiger partial charge is 0.154 e. The number of nitrogens with zero attached hydrogens (tertiary/aromatic N) is 1. The highest BCUT2D eigenvalue weighted by molar-refractivity contribution is 8.13. The van der Waals surface area contributed by atoms with Crippen molar-refractivity contribution < 1.29 is 4.39 Å². The summed E-state index contributed by atoms with van der Waals surface area (Å²) in [5, 5.41) is 1.07. The van der Waals surface area contributed by atoms with Gasteiger partial charge in [-0.2, -0.15) is 0 Å². The lowest BCUT2D eigenvalue weighted by Crippen LogP contribution is -2.41. The van der Waals surface area contributed by atoms with Gasteiger partial charge in [0.1, 0.15) is 5.82 Å². The monoisotopic (exact) mass is 388 g/mol. The van der Waals surface area contributed by atoms with Crippen molar-refractivity contribution in [2.45, 2.75) is 38.6 Å². The van der Waals surface area contributed by atoms with Crippen molar-refractivity contribution in [3.05, 3.63) is 58.4 Å². The molecule has 2 aromatic rings. The minimum absolute atomic E-state index is 0.169. The molecule has 0 saturated heterocycles.